The molecule has 0 nitrogen and oxygen atoms in total. The van der Waals surface area contributed by atoms with Gasteiger partial charge in [0.05, 0.1) is 0 Å². The monoisotopic (exact) mass is 196 g/mol. The molecule has 1 fully saturated rings. The van der Waals surface area contributed by atoms with Gasteiger partial charge in [-0.15, -0.1) is 0 Å². The highest BCUT2D eigenvalue weighted by molar-refractivity contribution is 4.75. The van der Waals surface area contributed by atoms with Gasteiger partial charge in [-0.05, 0) is 30.1 Å². The third-order valence-electron chi connectivity index (χ3n) is 4.51. The van der Waals surface area contributed by atoms with E-state index in [1.54, 1.807) is 0 Å². The molecule has 84 valence electrons. The summed E-state index contributed by atoms with van der Waals surface area (Å²) < 4.78 is 0. The fourth-order valence-electron chi connectivity index (χ4n) is 2.97. The van der Waals surface area contributed by atoms with Crippen molar-refractivity contribution in [1.82, 2.24) is 0 Å². The molecule has 4 atom stereocenters. The Morgan fingerprint density at radius 3 is 2.43 bits per heavy atom. The molecule has 1 aliphatic carbocycles. The highest BCUT2D eigenvalue weighted by atomic mass is 14.3. The largest absolute Gasteiger partial charge is 0.0651 e. The Kier molecular flexibility index (Phi) is 4.98. The normalized spacial score (nSPS) is 33.4. The molecule has 0 heterocycles. The van der Waals surface area contributed by atoms with Gasteiger partial charge in [0.25, 0.3) is 0 Å². The van der Waals surface area contributed by atoms with Crippen molar-refractivity contribution in [3.63, 3.8) is 0 Å². The zero-order chi connectivity index (χ0) is 10.6. The highest BCUT2D eigenvalue weighted by Gasteiger charge is 2.25. The molecule has 0 radical (unpaired) electrons. The van der Waals surface area contributed by atoms with E-state index in [2.05, 4.69) is 27.7 Å². The summed E-state index contributed by atoms with van der Waals surface area (Å²) in [5.41, 5.74) is 0. The lowest BCUT2D eigenvalue weighted by atomic mass is 9.77. The molecular formula is C14H28. The van der Waals surface area contributed by atoms with E-state index in [0.29, 0.717) is 0 Å². The second kappa shape index (κ2) is 5.78. The molecule has 1 rings (SSSR count). The molecule has 0 N–H and O–H groups in total. The molecule has 0 aromatic heterocycles. The van der Waals surface area contributed by atoms with Crippen LogP contribution in [0.3, 0.4) is 0 Å². The van der Waals surface area contributed by atoms with Gasteiger partial charge in [-0.3, -0.25) is 0 Å². The Labute approximate surface area is 90.5 Å². The van der Waals surface area contributed by atoms with Gasteiger partial charge in [0.15, 0.2) is 0 Å². The van der Waals surface area contributed by atoms with Gasteiger partial charge in [-0.25, -0.2) is 0 Å². The zero-order valence-electron chi connectivity index (χ0n) is 10.6. The minimum Gasteiger partial charge on any atom is -0.0651 e. The number of hydrogen-bond acceptors (Lipinski definition) is 0. The van der Waals surface area contributed by atoms with Gasteiger partial charge in [0, 0.05) is 0 Å². The summed E-state index contributed by atoms with van der Waals surface area (Å²) in [6.07, 6.45) is 8.78. The van der Waals surface area contributed by atoms with Crippen molar-refractivity contribution in [1.29, 1.82) is 0 Å². The van der Waals surface area contributed by atoms with Crippen molar-refractivity contribution >= 4 is 0 Å². The van der Waals surface area contributed by atoms with Crippen LogP contribution in [0.25, 0.3) is 0 Å². The van der Waals surface area contributed by atoms with E-state index >= 15 is 0 Å². The van der Waals surface area contributed by atoms with E-state index in [4.69, 9.17) is 0 Å². The Hall–Kier alpha value is 0. The first-order valence-electron chi connectivity index (χ1n) is 6.65. The van der Waals surface area contributed by atoms with Crippen LogP contribution >= 0.6 is 0 Å². The van der Waals surface area contributed by atoms with Gasteiger partial charge in [-0.2, -0.15) is 0 Å². The smallest absolute Gasteiger partial charge is 0.0383 e. The first kappa shape index (κ1) is 12.1. The maximum Gasteiger partial charge on any atom is -0.0383 e. The van der Waals surface area contributed by atoms with Crippen LogP contribution in [-0.4, -0.2) is 0 Å². The summed E-state index contributed by atoms with van der Waals surface area (Å²) >= 11 is 0. The Morgan fingerprint density at radius 2 is 1.79 bits per heavy atom. The van der Waals surface area contributed by atoms with E-state index in [1.165, 1.54) is 38.5 Å². The standard InChI is InChI=1S/C14H28/c1-5-12(3)13(4)14-9-7-6-8-11(2)10-14/h11-14H,5-10H2,1-4H3. The van der Waals surface area contributed by atoms with Crippen LogP contribution in [0.2, 0.25) is 0 Å². The molecule has 0 saturated heterocycles. The molecule has 0 aliphatic heterocycles. The van der Waals surface area contributed by atoms with Crippen molar-refractivity contribution < 1.29 is 0 Å². The van der Waals surface area contributed by atoms with Gasteiger partial charge in [-0.1, -0.05) is 59.8 Å². The topological polar surface area (TPSA) is 0 Å². The lowest BCUT2D eigenvalue weighted by Crippen LogP contribution is -2.19. The first-order valence-corrected chi connectivity index (χ1v) is 6.65. The zero-order valence-corrected chi connectivity index (χ0v) is 10.6. The van der Waals surface area contributed by atoms with Crippen LogP contribution < -0.4 is 0 Å². The van der Waals surface area contributed by atoms with Crippen LogP contribution in [0, 0.1) is 23.7 Å². The van der Waals surface area contributed by atoms with Crippen LogP contribution in [0.15, 0.2) is 0 Å². The molecule has 4 unspecified atom stereocenters. The molecule has 0 heteroatoms. The molecule has 0 aromatic rings. The van der Waals surface area contributed by atoms with Crippen molar-refractivity contribution in [3.05, 3.63) is 0 Å². The minimum atomic E-state index is 0.922. The molecule has 0 aromatic carbocycles. The molecule has 1 aliphatic rings. The number of hydrogen-bond donors (Lipinski definition) is 0. The first-order chi connectivity index (χ1) is 6.65. The van der Waals surface area contributed by atoms with Crippen LogP contribution in [0.4, 0.5) is 0 Å². The summed E-state index contributed by atoms with van der Waals surface area (Å²) in [4.78, 5) is 0. The Balaban J connectivity index is 2.47. The van der Waals surface area contributed by atoms with Crippen LogP contribution in [0.1, 0.15) is 66.2 Å². The maximum absolute atomic E-state index is 2.48. The van der Waals surface area contributed by atoms with Gasteiger partial charge in [0.1, 0.15) is 0 Å². The highest BCUT2D eigenvalue weighted by Crippen LogP contribution is 2.35. The summed E-state index contributed by atoms with van der Waals surface area (Å²) in [6, 6.07) is 0. The molecule has 14 heavy (non-hydrogen) atoms. The lowest BCUT2D eigenvalue weighted by Gasteiger charge is -2.28. The van der Waals surface area contributed by atoms with Crippen molar-refractivity contribution in [2.75, 3.05) is 0 Å². The fourth-order valence-corrected chi connectivity index (χ4v) is 2.97. The van der Waals surface area contributed by atoms with Crippen molar-refractivity contribution in [2.45, 2.75) is 66.2 Å². The van der Waals surface area contributed by atoms with E-state index in [-0.39, 0.29) is 0 Å². The summed E-state index contributed by atoms with van der Waals surface area (Å²) in [5, 5.41) is 0. The SMILES string of the molecule is CCC(C)C(C)C1CCCCC(C)C1. The van der Waals surface area contributed by atoms with Crippen molar-refractivity contribution in [3.8, 4) is 0 Å². The molecular weight excluding hydrogens is 168 g/mol. The average Bonchev–Trinajstić information content (AvgIpc) is 2.40. The van der Waals surface area contributed by atoms with Crippen LogP contribution in [-0.2, 0) is 0 Å². The average molecular weight is 196 g/mol. The minimum absolute atomic E-state index is 0.922. The second-order valence-electron chi connectivity index (χ2n) is 5.63. The van der Waals surface area contributed by atoms with E-state index < -0.39 is 0 Å². The third-order valence-corrected chi connectivity index (χ3v) is 4.51. The van der Waals surface area contributed by atoms with Gasteiger partial charge >= 0.3 is 0 Å². The molecule has 0 amide bonds. The summed E-state index contributed by atoms with van der Waals surface area (Å²) in [7, 11) is 0. The predicted octanol–water partition coefficient (Wildman–Crippen LogP) is 4.89. The van der Waals surface area contributed by atoms with Crippen LogP contribution in [0.5, 0.6) is 0 Å². The molecule has 0 spiro atoms. The predicted molar refractivity (Wildman–Crippen MR) is 64.4 cm³/mol. The Bertz CT molecular complexity index is 150. The van der Waals surface area contributed by atoms with Gasteiger partial charge < -0.3 is 0 Å². The van der Waals surface area contributed by atoms with E-state index in [1.807, 2.05) is 0 Å². The van der Waals surface area contributed by atoms with E-state index in [9.17, 15) is 0 Å². The van der Waals surface area contributed by atoms with Crippen molar-refractivity contribution in [2.24, 2.45) is 23.7 Å². The summed E-state index contributed by atoms with van der Waals surface area (Å²) in [6.45, 7) is 9.69. The Morgan fingerprint density at radius 1 is 1.14 bits per heavy atom. The van der Waals surface area contributed by atoms with E-state index in [0.717, 1.165) is 23.7 Å². The molecule has 1 saturated carbocycles. The maximum atomic E-state index is 2.48. The summed E-state index contributed by atoms with van der Waals surface area (Å²) in [5.74, 6) is 3.86. The third kappa shape index (κ3) is 3.29. The number of rotatable bonds is 3. The molecule has 0 bridgehead atoms. The quantitative estimate of drug-likeness (QED) is 0.564. The second-order valence-corrected chi connectivity index (χ2v) is 5.63. The van der Waals surface area contributed by atoms with Gasteiger partial charge in [0.2, 0.25) is 0 Å². The lowest BCUT2D eigenvalue weighted by molar-refractivity contribution is 0.217. The fraction of sp³-hybridized carbons (Fsp3) is 1.00.